The molecule has 0 aliphatic rings. The van der Waals surface area contributed by atoms with Crippen LogP contribution in [0.5, 0.6) is 11.5 Å². The number of rotatable bonds is 4. The molecule has 2 aromatic carbocycles. The highest BCUT2D eigenvalue weighted by Gasteiger charge is 2.03. The molecular formula is C16H17NO2. The largest absolute Gasteiger partial charge is 0.497 e. The molecule has 0 atom stereocenters. The van der Waals surface area contributed by atoms with Crippen LogP contribution in [0.3, 0.4) is 0 Å². The summed E-state index contributed by atoms with van der Waals surface area (Å²) in [4.78, 5) is 4.61. The van der Waals surface area contributed by atoms with Crippen LogP contribution in [-0.2, 0) is 0 Å². The van der Waals surface area contributed by atoms with E-state index >= 15 is 0 Å². The van der Waals surface area contributed by atoms with Crippen LogP contribution in [-0.4, -0.2) is 19.9 Å². The fraction of sp³-hybridized carbons (Fsp3) is 0.188. The molecule has 0 aliphatic heterocycles. The first-order valence-electron chi connectivity index (χ1n) is 6.07. The molecule has 0 fully saturated rings. The summed E-state index contributed by atoms with van der Waals surface area (Å²) in [6.45, 7) is 1.97. The van der Waals surface area contributed by atoms with Gasteiger partial charge in [0, 0.05) is 5.71 Å². The third-order valence-electron chi connectivity index (χ3n) is 2.86. The second-order valence-electron chi connectivity index (χ2n) is 4.10. The van der Waals surface area contributed by atoms with E-state index in [4.69, 9.17) is 9.47 Å². The molecule has 2 rings (SSSR count). The van der Waals surface area contributed by atoms with Crippen LogP contribution in [0, 0.1) is 0 Å². The molecule has 0 saturated heterocycles. The summed E-state index contributed by atoms with van der Waals surface area (Å²) in [6.07, 6.45) is 0. The van der Waals surface area contributed by atoms with Crippen molar-refractivity contribution in [2.24, 2.45) is 4.99 Å². The predicted octanol–water partition coefficient (Wildman–Crippen LogP) is 3.84. The Labute approximate surface area is 113 Å². The second-order valence-corrected chi connectivity index (χ2v) is 4.10. The molecule has 0 aliphatic carbocycles. The lowest BCUT2D eigenvalue weighted by molar-refractivity contribution is 0.414. The zero-order valence-corrected chi connectivity index (χ0v) is 11.4. The minimum absolute atomic E-state index is 0.768. The van der Waals surface area contributed by atoms with Crippen molar-refractivity contribution < 1.29 is 9.47 Å². The monoisotopic (exact) mass is 255 g/mol. The van der Waals surface area contributed by atoms with E-state index in [2.05, 4.69) is 4.99 Å². The van der Waals surface area contributed by atoms with Crippen LogP contribution >= 0.6 is 0 Å². The number of nitrogens with zero attached hydrogens (tertiary/aromatic N) is 1. The highest BCUT2D eigenvalue weighted by molar-refractivity contribution is 6.00. The topological polar surface area (TPSA) is 30.8 Å². The highest BCUT2D eigenvalue weighted by Crippen LogP contribution is 2.27. The minimum atomic E-state index is 0.768. The second kappa shape index (κ2) is 6.05. The minimum Gasteiger partial charge on any atom is -0.497 e. The number of aliphatic imine (C=N–C) groups is 1. The molecule has 98 valence electrons. The van der Waals surface area contributed by atoms with Gasteiger partial charge in [-0.2, -0.15) is 0 Å². The normalized spacial score (nSPS) is 11.2. The summed E-state index contributed by atoms with van der Waals surface area (Å²) in [6, 6.07) is 15.6. The number of para-hydroxylation sites is 2. The molecule has 0 unspecified atom stereocenters. The Morgan fingerprint density at radius 2 is 1.74 bits per heavy atom. The fourth-order valence-corrected chi connectivity index (χ4v) is 1.82. The van der Waals surface area contributed by atoms with E-state index in [-0.39, 0.29) is 0 Å². The number of hydrogen-bond donors (Lipinski definition) is 0. The standard InChI is InChI=1S/C16H17NO2/c1-12(13-7-6-8-14(11-13)18-2)17-15-9-4-5-10-16(15)19-3/h4-11H,1-3H3. The van der Waals surface area contributed by atoms with Crippen molar-refractivity contribution in [3.8, 4) is 11.5 Å². The Bertz CT molecular complexity index is 591. The summed E-state index contributed by atoms with van der Waals surface area (Å²) in [5.41, 5.74) is 2.78. The molecular weight excluding hydrogens is 238 g/mol. The van der Waals surface area contributed by atoms with Gasteiger partial charge in [-0.1, -0.05) is 24.3 Å². The molecule has 2 aromatic rings. The molecule has 0 amide bonds. The van der Waals surface area contributed by atoms with Crippen LogP contribution in [0.2, 0.25) is 0 Å². The summed E-state index contributed by atoms with van der Waals surface area (Å²) in [5, 5.41) is 0. The highest BCUT2D eigenvalue weighted by atomic mass is 16.5. The van der Waals surface area contributed by atoms with Crippen molar-refractivity contribution in [1.29, 1.82) is 0 Å². The maximum Gasteiger partial charge on any atom is 0.144 e. The SMILES string of the molecule is COc1cccc(C(C)=Nc2ccccc2OC)c1. The van der Waals surface area contributed by atoms with Gasteiger partial charge in [0.15, 0.2) is 0 Å². The molecule has 3 nitrogen and oxygen atoms in total. The number of methoxy groups -OCH3 is 2. The number of hydrogen-bond acceptors (Lipinski definition) is 3. The maximum absolute atomic E-state index is 5.30. The van der Waals surface area contributed by atoms with Gasteiger partial charge in [-0.3, -0.25) is 0 Å². The quantitative estimate of drug-likeness (QED) is 0.777. The smallest absolute Gasteiger partial charge is 0.144 e. The Morgan fingerprint density at radius 3 is 2.47 bits per heavy atom. The van der Waals surface area contributed by atoms with Crippen molar-refractivity contribution in [2.75, 3.05) is 14.2 Å². The predicted molar refractivity (Wildman–Crippen MR) is 77.9 cm³/mol. The Morgan fingerprint density at radius 1 is 0.947 bits per heavy atom. The van der Waals surface area contributed by atoms with Gasteiger partial charge < -0.3 is 9.47 Å². The molecule has 0 bridgehead atoms. The Kier molecular flexibility index (Phi) is 4.18. The average Bonchev–Trinajstić information content (AvgIpc) is 2.47. The number of ether oxygens (including phenoxy) is 2. The third kappa shape index (κ3) is 3.13. The molecule has 0 spiro atoms. The van der Waals surface area contributed by atoms with E-state index in [1.165, 1.54) is 0 Å². The third-order valence-corrected chi connectivity index (χ3v) is 2.86. The van der Waals surface area contributed by atoms with Gasteiger partial charge in [0.25, 0.3) is 0 Å². The summed E-state index contributed by atoms with van der Waals surface area (Å²) >= 11 is 0. The van der Waals surface area contributed by atoms with Crippen LogP contribution < -0.4 is 9.47 Å². The first-order valence-corrected chi connectivity index (χ1v) is 6.07. The van der Waals surface area contributed by atoms with Gasteiger partial charge in [-0.05, 0) is 36.8 Å². The van der Waals surface area contributed by atoms with Gasteiger partial charge in [0.05, 0.1) is 14.2 Å². The van der Waals surface area contributed by atoms with Gasteiger partial charge in [-0.25, -0.2) is 4.99 Å². The lowest BCUT2D eigenvalue weighted by atomic mass is 10.1. The molecule has 0 heterocycles. The zero-order valence-electron chi connectivity index (χ0n) is 11.4. The maximum atomic E-state index is 5.30. The van der Waals surface area contributed by atoms with Crippen LogP contribution in [0.25, 0.3) is 0 Å². The van der Waals surface area contributed by atoms with E-state index in [0.717, 1.165) is 28.5 Å². The van der Waals surface area contributed by atoms with Crippen LogP contribution in [0.1, 0.15) is 12.5 Å². The molecule has 19 heavy (non-hydrogen) atoms. The summed E-state index contributed by atoms with van der Waals surface area (Å²) < 4.78 is 10.5. The van der Waals surface area contributed by atoms with Crippen LogP contribution in [0.15, 0.2) is 53.5 Å². The van der Waals surface area contributed by atoms with Crippen molar-refractivity contribution in [3.63, 3.8) is 0 Å². The van der Waals surface area contributed by atoms with E-state index in [9.17, 15) is 0 Å². The first kappa shape index (κ1) is 13.1. The lowest BCUT2D eigenvalue weighted by Crippen LogP contribution is -1.95. The zero-order chi connectivity index (χ0) is 13.7. The van der Waals surface area contributed by atoms with Gasteiger partial charge in [0.1, 0.15) is 17.2 Å². The van der Waals surface area contributed by atoms with E-state index < -0.39 is 0 Å². The fourth-order valence-electron chi connectivity index (χ4n) is 1.82. The molecule has 0 N–H and O–H groups in total. The number of benzene rings is 2. The summed E-state index contributed by atoms with van der Waals surface area (Å²) in [5.74, 6) is 1.59. The van der Waals surface area contributed by atoms with Gasteiger partial charge in [0.2, 0.25) is 0 Å². The molecule has 0 radical (unpaired) electrons. The average molecular weight is 255 g/mol. The van der Waals surface area contributed by atoms with E-state index in [0.29, 0.717) is 0 Å². The summed E-state index contributed by atoms with van der Waals surface area (Å²) in [7, 11) is 3.31. The lowest BCUT2D eigenvalue weighted by Gasteiger charge is -2.07. The van der Waals surface area contributed by atoms with Crippen LogP contribution in [0.4, 0.5) is 5.69 Å². The van der Waals surface area contributed by atoms with Gasteiger partial charge in [-0.15, -0.1) is 0 Å². The Hall–Kier alpha value is -2.29. The van der Waals surface area contributed by atoms with Crippen molar-refractivity contribution in [1.82, 2.24) is 0 Å². The van der Waals surface area contributed by atoms with E-state index in [1.807, 2.05) is 55.5 Å². The Balaban J connectivity index is 2.36. The van der Waals surface area contributed by atoms with Crippen molar-refractivity contribution in [2.45, 2.75) is 6.92 Å². The van der Waals surface area contributed by atoms with Crippen molar-refractivity contribution in [3.05, 3.63) is 54.1 Å². The molecule has 0 aromatic heterocycles. The molecule has 0 saturated carbocycles. The van der Waals surface area contributed by atoms with E-state index in [1.54, 1.807) is 14.2 Å². The first-order chi connectivity index (χ1) is 9.24. The molecule has 3 heteroatoms. The van der Waals surface area contributed by atoms with Crippen molar-refractivity contribution >= 4 is 11.4 Å². The van der Waals surface area contributed by atoms with Gasteiger partial charge >= 0.3 is 0 Å².